The molecule has 0 radical (unpaired) electrons. The van der Waals surface area contributed by atoms with Crippen molar-refractivity contribution >= 4 is 5.78 Å². The minimum absolute atomic E-state index is 0.158. The van der Waals surface area contributed by atoms with Crippen molar-refractivity contribution in [3.63, 3.8) is 0 Å². The van der Waals surface area contributed by atoms with Crippen LogP contribution < -0.4 is 0 Å². The third-order valence-electron chi connectivity index (χ3n) is 2.81. The van der Waals surface area contributed by atoms with Crippen molar-refractivity contribution in [3.8, 4) is 0 Å². The van der Waals surface area contributed by atoms with Crippen molar-refractivity contribution in [1.29, 1.82) is 0 Å². The number of halogens is 6. The highest BCUT2D eigenvalue weighted by atomic mass is 19.4. The normalized spacial score (nSPS) is 26.9. The Morgan fingerprint density at radius 1 is 1.12 bits per heavy atom. The van der Waals surface area contributed by atoms with E-state index in [1.807, 2.05) is 0 Å². The van der Waals surface area contributed by atoms with E-state index in [2.05, 4.69) is 0 Å². The van der Waals surface area contributed by atoms with E-state index in [1.165, 1.54) is 0 Å². The van der Waals surface area contributed by atoms with E-state index < -0.39 is 36.4 Å². The smallest absolute Gasteiger partial charge is 0.299 e. The molecule has 1 rings (SSSR count). The van der Waals surface area contributed by atoms with Crippen LogP contribution in [0, 0.1) is 5.92 Å². The van der Waals surface area contributed by atoms with Crippen molar-refractivity contribution in [1.82, 2.24) is 0 Å². The first-order valence-electron chi connectivity index (χ1n) is 4.77. The molecule has 16 heavy (non-hydrogen) atoms. The van der Waals surface area contributed by atoms with E-state index in [-0.39, 0.29) is 12.8 Å². The molecule has 0 aliphatic heterocycles. The van der Waals surface area contributed by atoms with Gasteiger partial charge in [-0.2, -0.15) is 13.2 Å². The molecular formula is C9H10F6O. The first-order valence-corrected chi connectivity index (χ1v) is 4.77. The zero-order valence-corrected chi connectivity index (χ0v) is 8.16. The number of carbonyl (C=O) groups is 1. The minimum atomic E-state index is -5.72. The number of carbonyl (C=O) groups excluding carboxylic acids is 1. The summed E-state index contributed by atoms with van der Waals surface area (Å²) in [7, 11) is 0. The highest BCUT2D eigenvalue weighted by Gasteiger charge is 2.68. The molecule has 2 unspecified atom stereocenters. The Balaban J connectivity index is 3.06. The maximum absolute atomic E-state index is 13.5. The Labute approximate surface area is 87.8 Å². The predicted molar refractivity (Wildman–Crippen MR) is 42.9 cm³/mol. The van der Waals surface area contributed by atoms with E-state index in [4.69, 9.17) is 0 Å². The topological polar surface area (TPSA) is 17.1 Å². The summed E-state index contributed by atoms with van der Waals surface area (Å²) in [6, 6.07) is 0. The molecular weight excluding hydrogens is 238 g/mol. The van der Waals surface area contributed by atoms with E-state index in [0.29, 0.717) is 6.42 Å². The molecule has 0 aromatic carbocycles. The lowest BCUT2D eigenvalue weighted by Gasteiger charge is -2.35. The Kier molecular flexibility index (Phi) is 3.54. The highest BCUT2D eigenvalue weighted by molar-refractivity contribution is 5.83. The van der Waals surface area contributed by atoms with Crippen LogP contribution in [0.3, 0.4) is 0 Å². The van der Waals surface area contributed by atoms with Gasteiger partial charge in [0, 0.05) is 6.42 Å². The molecule has 1 fully saturated rings. The summed E-state index contributed by atoms with van der Waals surface area (Å²) < 4.78 is 75.0. The quantitative estimate of drug-likeness (QED) is 0.685. The number of hydrogen-bond donors (Lipinski definition) is 0. The molecule has 1 aliphatic rings. The fourth-order valence-electron chi connectivity index (χ4n) is 1.90. The average molecular weight is 248 g/mol. The van der Waals surface area contributed by atoms with Crippen LogP contribution in [0.5, 0.6) is 0 Å². The van der Waals surface area contributed by atoms with Gasteiger partial charge in [-0.05, 0) is 12.8 Å². The summed E-state index contributed by atoms with van der Waals surface area (Å²) >= 11 is 0. The molecule has 0 N–H and O–H groups in total. The van der Waals surface area contributed by atoms with Gasteiger partial charge < -0.3 is 0 Å². The van der Waals surface area contributed by atoms with Crippen LogP contribution in [0.2, 0.25) is 0 Å². The van der Waals surface area contributed by atoms with Gasteiger partial charge in [0.05, 0.1) is 5.92 Å². The number of ketones is 1. The van der Waals surface area contributed by atoms with Gasteiger partial charge in [0.15, 0.2) is 0 Å². The number of alkyl halides is 6. The molecule has 94 valence electrons. The van der Waals surface area contributed by atoms with E-state index >= 15 is 0 Å². The summed E-state index contributed by atoms with van der Waals surface area (Å²) in [6.45, 7) is 0. The Hall–Kier alpha value is -0.750. The van der Waals surface area contributed by atoms with Crippen molar-refractivity contribution in [2.45, 2.75) is 44.0 Å². The van der Waals surface area contributed by atoms with Crippen LogP contribution in [0.1, 0.15) is 25.7 Å². The highest BCUT2D eigenvalue weighted by Crippen LogP contribution is 2.47. The van der Waals surface area contributed by atoms with Gasteiger partial charge in [-0.25, -0.2) is 13.2 Å². The standard InChI is InChI=1S/C9H10F6O/c10-7(11)8(12,9(13,14)15)5-3-1-2-4-6(5)16/h5,7H,1-4H2. The second-order valence-corrected chi connectivity index (χ2v) is 3.83. The van der Waals surface area contributed by atoms with Crippen LogP contribution in [-0.2, 0) is 4.79 Å². The fraction of sp³-hybridized carbons (Fsp3) is 0.889. The van der Waals surface area contributed by atoms with Crippen LogP contribution >= 0.6 is 0 Å². The lowest BCUT2D eigenvalue weighted by Crippen LogP contribution is -2.56. The van der Waals surface area contributed by atoms with Gasteiger partial charge in [0.1, 0.15) is 5.78 Å². The molecule has 2 atom stereocenters. The van der Waals surface area contributed by atoms with Gasteiger partial charge in [-0.15, -0.1) is 0 Å². The van der Waals surface area contributed by atoms with Crippen molar-refractivity contribution in [3.05, 3.63) is 0 Å². The van der Waals surface area contributed by atoms with Gasteiger partial charge in [-0.3, -0.25) is 4.79 Å². The van der Waals surface area contributed by atoms with E-state index in [9.17, 15) is 31.1 Å². The molecule has 0 aromatic heterocycles. The van der Waals surface area contributed by atoms with E-state index in [0.717, 1.165) is 0 Å². The summed E-state index contributed by atoms with van der Waals surface area (Å²) in [4.78, 5) is 11.1. The SMILES string of the molecule is O=C1CCCCC1C(F)(C(F)F)C(F)(F)F. The summed E-state index contributed by atoms with van der Waals surface area (Å²) in [5.74, 6) is -3.33. The first kappa shape index (κ1) is 13.3. The fourth-order valence-corrected chi connectivity index (χ4v) is 1.90. The second kappa shape index (κ2) is 4.25. The summed E-state index contributed by atoms with van der Waals surface area (Å²) in [5, 5.41) is 0. The zero-order chi connectivity index (χ0) is 12.6. The molecule has 1 saturated carbocycles. The maximum Gasteiger partial charge on any atom is 0.428 e. The van der Waals surface area contributed by atoms with Crippen LogP contribution in [0.15, 0.2) is 0 Å². The molecule has 0 amide bonds. The van der Waals surface area contributed by atoms with Crippen molar-refractivity contribution in [2.24, 2.45) is 5.92 Å². The number of Topliss-reactive ketones (excluding diaryl/α,β-unsaturated/α-hetero) is 1. The number of rotatable bonds is 2. The summed E-state index contributed by atoms with van der Waals surface area (Å²) in [6.07, 6.45) is -10.2. The Morgan fingerprint density at radius 3 is 2.06 bits per heavy atom. The molecule has 0 bridgehead atoms. The predicted octanol–water partition coefficient (Wildman–Crippen LogP) is 3.28. The third kappa shape index (κ3) is 2.04. The molecule has 0 spiro atoms. The minimum Gasteiger partial charge on any atom is -0.299 e. The van der Waals surface area contributed by atoms with Crippen LogP contribution in [0.25, 0.3) is 0 Å². The average Bonchev–Trinajstić information content (AvgIpc) is 2.15. The Morgan fingerprint density at radius 2 is 1.69 bits per heavy atom. The molecule has 7 heteroatoms. The summed E-state index contributed by atoms with van der Waals surface area (Å²) in [5.41, 5.74) is -4.70. The van der Waals surface area contributed by atoms with E-state index in [1.54, 1.807) is 0 Å². The molecule has 0 saturated heterocycles. The first-order chi connectivity index (χ1) is 7.21. The van der Waals surface area contributed by atoms with Gasteiger partial charge >= 0.3 is 6.18 Å². The second-order valence-electron chi connectivity index (χ2n) is 3.83. The van der Waals surface area contributed by atoms with Crippen LogP contribution in [0.4, 0.5) is 26.3 Å². The molecule has 0 aromatic rings. The monoisotopic (exact) mass is 248 g/mol. The van der Waals surface area contributed by atoms with Crippen LogP contribution in [-0.4, -0.2) is 24.1 Å². The lowest BCUT2D eigenvalue weighted by molar-refractivity contribution is -0.284. The molecule has 0 heterocycles. The zero-order valence-electron chi connectivity index (χ0n) is 8.16. The van der Waals surface area contributed by atoms with Gasteiger partial charge in [-0.1, -0.05) is 6.42 Å². The molecule has 1 nitrogen and oxygen atoms in total. The Bertz CT molecular complexity index is 274. The lowest BCUT2D eigenvalue weighted by atomic mass is 9.76. The van der Waals surface area contributed by atoms with Gasteiger partial charge in [0.25, 0.3) is 12.1 Å². The maximum atomic E-state index is 13.5. The van der Waals surface area contributed by atoms with Crippen molar-refractivity contribution < 1.29 is 31.1 Å². The van der Waals surface area contributed by atoms with Crippen molar-refractivity contribution in [2.75, 3.05) is 0 Å². The number of hydrogen-bond acceptors (Lipinski definition) is 1. The van der Waals surface area contributed by atoms with Gasteiger partial charge in [0.2, 0.25) is 0 Å². The molecule has 1 aliphatic carbocycles. The largest absolute Gasteiger partial charge is 0.428 e. The third-order valence-corrected chi connectivity index (χ3v) is 2.81.